The first-order valence-corrected chi connectivity index (χ1v) is 11.1. The molecule has 0 spiro atoms. The Labute approximate surface area is 185 Å². The lowest BCUT2D eigenvalue weighted by molar-refractivity contribution is -0.208. The summed E-state index contributed by atoms with van der Waals surface area (Å²) in [4.78, 5) is 14.5. The summed E-state index contributed by atoms with van der Waals surface area (Å²) in [7, 11) is 0. The fourth-order valence-electron chi connectivity index (χ4n) is 5.10. The minimum Gasteiger partial charge on any atom is -0.382 e. The molecule has 8 heteroatoms. The molecule has 0 aliphatic heterocycles. The van der Waals surface area contributed by atoms with Gasteiger partial charge in [0.05, 0.1) is 30.0 Å². The molecule has 1 aromatic heterocycles. The van der Waals surface area contributed by atoms with Crippen molar-refractivity contribution in [3.05, 3.63) is 58.9 Å². The van der Waals surface area contributed by atoms with Crippen LogP contribution in [0.15, 0.2) is 47.7 Å². The van der Waals surface area contributed by atoms with Crippen LogP contribution in [0.1, 0.15) is 50.3 Å². The first kappa shape index (κ1) is 22.6. The number of aliphatic hydroxyl groups excluding tert-OH is 1. The van der Waals surface area contributed by atoms with Crippen molar-refractivity contribution in [3.63, 3.8) is 0 Å². The number of hydrogen-bond donors (Lipinski definition) is 1. The summed E-state index contributed by atoms with van der Waals surface area (Å²) in [6, 6.07) is 9.87. The molecular weight excluding hydrogens is 419 g/mol. The molecular formula is C24H28F3N3O2. The van der Waals surface area contributed by atoms with Gasteiger partial charge in [-0.25, -0.2) is 4.68 Å². The summed E-state index contributed by atoms with van der Waals surface area (Å²) in [5.41, 5.74) is 5.36. The van der Waals surface area contributed by atoms with E-state index < -0.39 is 24.7 Å². The van der Waals surface area contributed by atoms with Crippen LogP contribution in [0.5, 0.6) is 0 Å². The Morgan fingerprint density at radius 2 is 2.03 bits per heavy atom. The Bertz CT molecular complexity index is 1010. The molecule has 1 heterocycles. The first-order chi connectivity index (χ1) is 15.2. The molecule has 3 atom stereocenters. The number of amides is 1. The van der Waals surface area contributed by atoms with Crippen LogP contribution in [0.3, 0.4) is 0 Å². The van der Waals surface area contributed by atoms with E-state index in [0.717, 1.165) is 28.9 Å². The van der Waals surface area contributed by atoms with Crippen molar-refractivity contribution in [1.29, 1.82) is 0 Å². The van der Waals surface area contributed by atoms with Crippen LogP contribution < -0.4 is 0 Å². The Balaban J connectivity index is 1.59. The van der Waals surface area contributed by atoms with Gasteiger partial charge in [0.15, 0.2) is 6.10 Å². The molecule has 0 saturated heterocycles. The minimum atomic E-state index is -4.74. The van der Waals surface area contributed by atoms with Gasteiger partial charge in [0.1, 0.15) is 0 Å². The normalized spacial score (nSPS) is 21.3. The number of allylic oxidation sites excluding steroid dienone is 1. The number of benzene rings is 1. The van der Waals surface area contributed by atoms with Crippen LogP contribution in [0.4, 0.5) is 13.2 Å². The molecule has 172 valence electrons. The molecule has 1 unspecified atom stereocenters. The summed E-state index contributed by atoms with van der Waals surface area (Å²) in [5.74, 6) is -0.787. The summed E-state index contributed by atoms with van der Waals surface area (Å²) in [5, 5.41) is 14.1. The van der Waals surface area contributed by atoms with Crippen molar-refractivity contribution < 1.29 is 23.1 Å². The number of para-hydroxylation sites is 1. The average molecular weight is 448 g/mol. The van der Waals surface area contributed by atoms with Crippen molar-refractivity contribution in [2.24, 2.45) is 5.92 Å². The zero-order valence-electron chi connectivity index (χ0n) is 18.3. The highest BCUT2D eigenvalue weighted by Crippen LogP contribution is 2.47. The smallest absolute Gasteiger partial charge is 0.382 e. The Morgan fingerprint density at radius 1 is 1.31 bits per heavy atom. The van der Waals surface area contributed by atoms with E-state index in [0.29, 0.717) is 19.3 Å². The molecule has 2 aromatic rings. The third-order valence-corrected chi connectivity index (χ3v) is 6.61. The topological polar surface area (TPSA) is 58.4 Å². The molecule has 1 N–H and O–H groups in total. The number of aliphatic hydroxyl groups is 1. The molecule has 0 fully saturated rings. The Hall–Kier alpha value is -2.61. The van der Waals surface area contributed by atoms with E-state index in [1.54, 1.807) is 0 Å². The maximum Gasteiger partial charge on any atom is 0.416 e. The van der Waals surface area contributed by atoms with E-state index in [9.17, 15) is 23.1 Å². The molecule has 2 aliphatic carbocycles. The summed E-state index contributed by atoms with van der Waals surface area (Å²) < 4.78 is 40.7. The molecule has 5 nitrogen and oxygen atoms in total. The SMILES string of the molecule is CCCN(CC(O)C(F)(F)F)C(=O)[C@@H]1CCC2=C1[C@@H](C)c1cnn(-c3ccccc3)c1C2. The van der Waals surface area contributed by atoms with E-state index in [4.69, 9.17) is 0 Å². The van der Waals surface area contributed by atoms with Gasteiger partial charge >= 0.3 is 6.18 Å². The second-order valence-corrected chi connectivity index (χ2v) is 8.68. The highest BCUT2D eigenvalue weighted by molar-refractivity contribution is 5.83. The van der Waals surface area contributed by atoms with E-state index in [-0.39, 0.29) is 18.4 Å². The van der Waals surface area contributed by atoms with Crippen LogP contribution in [0, 0.1) is 5.92 Å². The lowest BCUT2D eigenvalue weighted by atomic mass is 9.79. The van der Waals surface area contributed by atoms with Gasteiger partial charge in [-0.05, 0) is 31.4 Å². The van der Waals surface area contributed by atoms with E-state index >= 15 is 0 Å². The zero-order chi connectivity index (χ0) is 23.0. The maximum atomic E-state index is 13.3. The van der Waals surface area contributed by atoms with Crippen LogP contribution in [0.25, 0.3) is 5.69 Å². The minimum absolute atomic E-state index is 0.0290. The highest BCUT2D eigenvalue weighted by atomic mass is 19.4. The fourth-order valence-corrected chi connectivity index (χ4v) is 5.10. The van der Waals surface area contributed by atoms with Crippen LogP contribution >= 0.6 is 0 Å². The predicted molar refractivity (Wildman–Crippen MR) is 114 cm³/mol. The molecule has 0 saturated carbocycles. The molecule has 32 heavy (non-hydrogen) atoms. The van der Waals surface area contributed by atoms with Gasteiger partial charge in [0.25, 0.3) is 0 Å². The van der Waals surface area contributed by atoms with E-state index in [1.165, 1.54) is 10.5 Å². The molecule has 0 bridgehead atoms. The largest absolute Gasteiger partial charge is 0.416 e. The van der Waals surface area contributed by atoms with Crippen molar-refractivity contribution in [1.82, 2.24) is 14.7 Å². The van der Waals surface area contributed by atoms with Crippen molar-refractivity contribution >= 4 is 5.91 Å². The number of carbonyl (C=O) groups is 1. The van der Waals surface area contributed by atoms with Gasteiger partial charge < -0.3 is 10.0 Å². The average Bonchev–Trinajstić information content (AvgIpc) is 3.38. The van der Waals surface area contributed by atoms with Gasteiger partial charge in [-0.3, -0.25) is 4.79 Å². The summed E-state index contributed by atoms with van der Waals surface area (Å²) >= 11 is 0. The number of halogens is 3. The van der Waals surface area contributed by atoms with Crippen LogP contribution in [-0.2, 0) is 11.2 Å². The number of carbonyl (C=O) groups excluding carboxylic acids is 1. The third-order valence-electron chi connectivity index (χ3n) is 6.61. The number of fused-ring (bicyclic) bond motifs is 1. The summed E-state index contributed by atoms with van der Waals surface area (Å²) in [6.07, 6.45) is -2.88. The van der Waals surface area contributed by atoms with Crippen molar-refractivity contribution in [3.8, 4) is 5.69 Å². The summed E-state index contributed by atoms with van der Waals surface area (Å²) in [6.45, 7) is 3.33. The van der Waals surface area contributed by atoms with Gasteiger partial charge in [-0.2, -0.15) is 18.3 Å². The quantitative estimate of drug-likeness (QED) is 0.668. The predicted octanol–water partition coefficient (Wildman–Crippen LogP) is 4.40. The van der Waals surface area contributed by atoms with Gasteiger partial charge in [-0.15, -0.1) is 0 Å². The molecule has 0 radical (unpaired) electrons. The Morgan fingerprint density at radius 3 is 2.69 bits per heavy atom. The maximum absolute atomic E-state index is 13.3. The molecule has 4 rings (SSSR count). The zero-order valence-corrected chi connectivity index (χ0v) is 18.3. The van der Waals surface area contributed by atoms with E-state index in [1.807, 2.05) is 55.1 Å². The van der Waals surface area contributed by atoms with Gasteiger partial charge in [-0.1, -0.05) is 43.2 Å². The lowest BCUT2D eigenvalue weighted by Gasteiger charge is -2.32. The fraction of sp³-hybridized carbons (Fsp3) is 0.500. The van der Waals surface area contributed by atoms with Crippen molar-refractivity contribution in [2.45, 2.75) is 57.7 Å². The lowest BCUT2D eigenvalue weighted by Crippen LogP contribution is -2.46. The second kappa shape index (κ2) is 8.73. The van der Waals surface area contributed by atoms with Crippen LogP contribution in [-0.4, -0.2) is 51.1 Å². The van der Waals surface area contributed by atoms with E-state index in [2.05, 4.69) is 5.10 Å². The molecule has 1 amide bonds. The molecule has 2 aliphatic rings. The third kappa shape index (κ3) is 4.08. The number of hydrogen-bond acceptors (Lipinski definition) is 3. The van der Waals surface area contributed by atoms with Crippen LogP contribution in [0.2, 0.25) is 0 Å². The number of alkyl halides is 3. The van der Waals surface area contributed by atoms with Crippen molar-refractivity contribution in [2.75, 3.05) is 13.1 Å². The monoisotopic (exact) mass is 447 g/mol. The Kier molecular flexibility index (Phi) is 6.16. The van der Waals surface area contributed by atoms with Gasteiger partial charge in [0.2, 0.25) is 5.91 Å². The standard InChI is InChI=1S/C24H28F3N3O2/c1-3-11-29(14-21(31)24(25,26)27)23(32)18-10-9-16-12-20-19(15(2)22(16)18)13-28-30(20)17-7-5-4-6-8-17/h4-8,13,15,18,21,31H,3,9-12,14H2,1-2H3/t15-,18+,21?/m0/s1. The molecule has 1 aromatic carbocycles. The highest BCUT2D eigenvalue weighted by Gasteiger charge is 2.43. The first-order valence-electron chi connectivity index (χ1n) is 11.1. The number of rotatable bonds is 6. The number of nitrogens with zero attached hydrogens (tertiary/aromatic N) is 3. The van der Waals surface area contributed by atoms with Gasteiger partial charge in [0, 0.05) is 24.4 Å². The number of aromatic nitrogens is 2. The second-order valence-electron chi connectivity index (χ2n) is 8.68.